The molecule has 0 unspecified atom stereocenters. The SMILES string of the molecule is O=C(NC1CCN(CC(F)F)CC1)[C@@H]1CCCN1C(=O)c1cccs1. The van der Waals surface area contributed by atoms with Crippen LogP contribution in [0.25, 0.3) is 0 Å². The first-order valence-corrected chi connectivity index (χ1v) is 9.58. The van der Waals surface area contributed by atoms with Gasteiger partial charge in [-0.2, -0.15) is 0 Å². The van der Waals surface area contributed by atoms with Crippen LogP contribution in [-0.4, -0.2) is 66.3 Å². The third kappa shape index (κ3) is 4.55. The first kappa shape index (κ1) is 18.3. The fraction of sp³-hybridized carbons (Fsp3) is 0.647. The average Bonchev–Trinajstić information content (AvgIpc) is 3.27. The highest BCUT2D eigenvalue weighted by molar-refractivity contribution is 7.12. The summed E-state index contributed by atoms with van der Waals surface area (Å²) in [5.41, 5.74) is 0. The van der Waals surface area contributed by atoms with Crippen molar-refractivity contribution in [1.82, 2.24) is 15.1 Å². The van der Waals surface area contributed by atoms with Crippen LogP contribution < -0.4 is 5.32 Å². The van der Waals surface area contributed by atoms with E-state index in [1.165, 1.54) is 11.3 Å². The Labute approximate surface area is 150 Å². The summed E-state index contributed by atoms with van der Waals surface area (Å²) in [5, 5.41) is 4.87. The molecule has 2 amide bonds. The van der Waals surface area contributed by atoms with Gasteiger partial charge in [0.1, 0.15) is 6.04 Å². The van der Waals surface area contributed by atoms with Gasteiger partial charge in [0.2, 0.25) is 5.91 Å². The zero-order chi connectivity index (χ0) is 17.8. The van der Waals surface area contributed by atoms with Crippen LogP contribution >= 0.6 is 11.3 Å². The molecule has 5 nitrogen and oxygen atoms in total. The molecule has 0 bridgehead atoms. The quantitative estimate of drug-likeness (QED) is 0.863. The van der Waals surface area contributed by atoms with E-state index in [9.17, 15) is 18.4 Å². The minimum absolute atomic E-state index is 0.000660. The van der Waals surface area contributed by atoms with Crippen molar-refractivity contribution in [3.8, 4) is 0 Å². The molecule has 1 aromatic heterocycles. The van der Waals surface area contributed by atoms with E-state index in [0.29, 0.717) is 43.8 Å². The highest BCUT2D eigenvalue weighted by atomic mass is 32.1. The smallest absolute Gasteiger partial charge is 0.264 e. The van der Waals surface area contributed by atoms with Gasteiger partial charge >= 0.3 is 0 Å². The topological polar surface area (TPSA) is 52.7 Å². The maximum absolute atomic E-state index is 12.6. The van der Waals surface area contributed by atoms with Crippen molar-refractivity contribution in [2.45, 2.75) is 44.2 Å². The summed E-state index contributed by atoms with van der Waals surface area (Å²) in [7, 11) is 0. The number of alkyl halides is 2. The van der Waals surface area contributed by atoms with E-state index in [0.717, 1.165) is 6.42 Å². The molecule has 3 rings (SSSR count). The van der Waals surface area contributed by atoms with E-state index in [2.05, 4.69) is 5.32 Å². The Hall–Kier alpha value is -1.54. The zero-order valence-electron chi connectivity index (χ0n) is 14.0. The summed E-state index contributed by atoms with van der Waals surface area (Å²) in [6.07, 6.45) is 0.519. The second kappa shape index (κ2) is 8.23. The number of hydrogen-bond acceptors (Lipinski definition) is 4. The third-order valence-electron chi connectivity index (χ3n) is 4.88. The molecule has 1 atom stereocenters. The van der Waals surface area contributed by atoms with Crippen LogP contribution in [0.3, 0.4) is 0 Å². The van der Waals surface area contributed by atoms with Crippen molar-refractivity contribution in [3.63, 3.8) is 0 Å². The van der Waals surface area contributed by atoms with Gasteiger partial charge in [-0.25, -0.2) is 8.78 Å². The lowest BCUT2D eigenvalue weighted by Gasteiger charge is -2.33. The number of nitrogens with zero attached hydrogens (tertiary/aromatic N) is 2. The number of thiophene rings is 1. The molecule has 0 spiro atoms. The van der Waals surface area contributed by atoms with Crippen molar-refractivity contribution in [3.05, 3.63) is 22.4 Å². The fourth-order valence-electron chi connectivity index (χ4n) is 3.58. The van der Waals surface area contributed by atoms with Crippen molar-refractivity contribution in [2.24, 2.45) is 0 Å². The minimum atomic E-state index is -2.32. The number of likely N-dealkylation sites (tertiary alicyclic amines) is 2. The maximum atomic E-state index is 12.6. The molecule has 1 aromatic rings. The molecule has 25 heavy (non-hydrogen) atoms. The predicted octanol–water partition coefficient (Wildman–Crippen LogP) is 2.20. The molecule has 3 heterocycles. The van der Waals surface area contributed by atoms with Crippen molar-refractivity contribution in [1.29, 1.82) is 0 Å². The maximum Gasteiger partial charge on any atom is 0.264 e. The zero-order valence-corrected chi connectivity index (χ0v) is 14.8. The normalized spacial score (nSPS) is 22.5. The van der Waals surface area contributed by atoms with Gasteiger partial charge < -0.3 is 10.2 Å². The van der Waals surface area contributed by atoms with Crippen molar-refractivity contribution >= 4 is 23.2 Å². The van der Waals surface area contributed by atoms with E-state index in [4.69, 9.17) is 0 Å². The third-order valence-corrected chi connectivity index (χ3v) is 5.74. The Balaban J connectivity index is 1.52. The number of carbonyl (C=O) groups is 2. The van der Waals surface area contributed by atoms with Crippen LogP contribution in [0.15, 0.2) is 17.5 Å². The second-order valence-electron chi connectivity index (χ2n) is 6.61. The molecule has 0 radical (unpaired) electrons. The molecule has 138 valence electrons. The molecule has 2 aliphatic heterocycles. The van der Waals surface area contributed by atoms with E-state index in [1.807, 2.05) is 11.4 Å². The number of nitrogens with one attached hydrogen (secondary N) is 1. The van der Waals surface area contributed by atoms with Gasteiger partial charge in [-0.1, -0.05) is 6.07 Å². The average molecular weight is 371 g/mol. The summed E-state index contributed by atoms with van der Waals surface area (Å²) in [4.78, 5) is 29.2. The molecule has 0 aliphatic carbocycles. The first-order valence-electron chi connectivity index (χ1n) is 8.70. The number of rotatable bonds is 5. The lowest BCUT2D eigenvalue weighted by Crippen LogP contribution is -2.51. The van der Waals surface area contributed by atoms with E-state index in [-0.39, 0.29) is 24.4 Å². The molecule has 8 heteroatoms. The Kier molecular flexibility index (Phi) is 6.01. The van der Waals surface area contributed by atoms with E-state index < -0.39 is 12.5 Å². The number of carbonyl (C=O) groups excluding carboxylic acids is 2. The lowest BCUT2D eigenvalue weighted by atomic mass is 10.0. The predicted molar refractivity (Wildman–Crippen MR) is 92.0 cm³/mol. The van der Waals surface area contributed by atoms with Crippen LogP contribution in [0.1, 0.15) is 35.4 Å². The molecule has 2 saturated heterocycles. The minimum Gasteiger partial charge on any atom is -0.351 e. The van der Waals surface area contributed by atoms with Crippen LogP contribution in [0.5, 0.6) is 0 Å². The molecule has 2 aliphatic rings. The van der Waals surface area contributed by atoms with Gasteiger partial charge in [0.05, 0.1) is 11.4 Å². The molecule has 0 saturated carbocycles. The molecule has 1 N–H and O–H groups in total. The van der Waals surface area contributed by atoms with Crippen LogP contribution in [0.4, 0.5) is 8.78 Å². The van der Waals surface area contributed by atoms with Gasteiger partial charge in [0.15, 0.2) is 0 Å². The summed E-state index contributed by atoms with van der Waals surface area (Å²) < 4.78 is 24.8. The van der Waals surface area contributed by atoms with Gasteiger partial charge in [-0.3, -0.25) is 14.5 Å². The van der Waals surface area contributed by atoms with Crippen LogP contribution in [-0.2, 0) is 4.79 Å². The molecular weight excluding hydrogens is 348 g/mol. The first-order chi connectivity index (χ1) is 12.0. The molecular formula is C17H23F2N3O2S. The summed E-state index contributed by atoms with van der Waals surface area (Å²) in [6.45, 7) is 1.53. The van der Waals surface area contributed by atoms with E-state index in [1.54, 1.807) is 15.9 Å². The van der Waals surface area contributed by atoms with Crippen molar-refractivity contribution in [2.75, 3.05) is 26.2 Å². The Bertz CT molecular complexity index is 589. The Morgan fingerprint density at radius 1 is 1.24 bits per heavy atom. The highest BCUT2D eigenvalue weighted by Gasteiger charge is 2.36. The summed E-state index contributed by atoms with van der Waals surface area (Å²) in [6, 6.07) is 3.18. The number of piperidine rings is 1. The van der Waals surface area contributed by atoms with Crippen LogP contribution in [0, 0.1) is 0 Å². The van der Waals surface area contributed by atoms with Gasteiger partial charge in [-0.15, -0.1) is 11.3 Å². The fourth-order valence-corrected chi connectivity index (χ4v) is 4.26. The number of hydrogen-bond donors (Lipinski definition) is 1. The van der Waals surface area contributed by atoms with Crippen LogP contribution in [0.2, 0.25) is 0 Å². The Morgan fingerprint density at radius 3 is 2.64 bits per heavy atom. The molecule has 2 fully saturated rings. The second-order valence-corrected chi connectivity index (χ2v) is 7.56. The van der Waals surface area contributed by atoms with E-state index >= 15 is 0 Å². The van der Waals surface area contributed by atoms with Gasteiger partial charge in [0, 0.05) is 25.7 Å². The van der Waals surface area contributed by atoms with Gasteiger partial charge in [0.25, 0.3) is 12.3 Å². The lowest BCUT2D eigenvalue weighted by molar-refractivity contribution is -0.125. The highest BCUT2D eigenvalue weighted by Crippen LogP contribution is 2.23. The van der Waals surface area contributed by atoms with Gasteiger partial charge in [-0.05, 0) is 37.1 Å². The number of halogens is 2. The molecule has 0 aromatic carbocycles. The monoisotopic (exact) mass is 371 g/mol. The number of amides is 2. The standard InChI is InChI=1S/C17H23F2N3O2S/c18-15(19)11-21-8-5-12(6-9-21)20-16(23)13-3-1-7-22(13)17(24)14-4-2-10-25-14/h2,4,10,12-13,15H,1,3,5-9,11H2,(H,20,23)/t13-/m0/s1. The summed E-state index contributed by atoms with van der Waals surface area (Å²) in [5.74, 6) is -0.200. The van der Waals surface area contributed by atoms with Crippen molar-refractivity contribution < 1.29 is 18.4 Å². The Morgan fingerprint density at radius 2 is 2.00 bits per heavy atom. The largest absolute Gasteiger partial charge is 0.351 e. The summed E-state index contributed by atoms with van der Waals surface area (Å²) >= 11 is 1.38.